The van der Waals surface area contributed by atoms with Gasteiger partial charge in [0.05, 0.1) is 11.6 Å². The van der Waals surface area contributed by atoms with Crippen LogP contribution in [0.25, 0.3) is 11.1 Å². The summed E-state index contributed by atoms with van der Waals surface area (Å²) in [6.45, 7) is 2.65. The number of nitrogens with zero attached hydrogens (tertiary/aromatic N) is 2. The van der Waals surface area contributed by atoms with Crippen molar-refractivity contribution in [3.63, 3.8) is 0 Å². The number of rotatable bonds is 9. The fourth-order valence-electron chi connectivity index (χ4n) is 5.91. The number of hydrogen-bond acceptors (Lipinski definition) is 4. The number of Topliss-reactive ketones (excluding diaryl/α,β-unsaturated/α-hetero) is 1. The van der Waals surface area contributed by atoms with Crippen LogP contribution in [-0.2, 0) is 17.4 Å². The lowest BCUT2D eigenvalue weighted by Gasteiger charge is -2.42. The topological polar surface area (TPSA) is 35.6 Å². The molecule has 0 bridgehead atoms. The zero-order chi connectivity index (χ0) is 28.8. The summed E-state index contributed by atoms with van der Waals surface area (Å²) >= 11 is 0. The van der Waals surface area contributed by atoms with Gasteiger partial charge in [0, 0.05) is 32.6 Å². The van der Waals surface area contributed by atoms with Crippen LogP contribution in [0, 0.1) is 0 Å². The number of piperazine rings is 1. The first-order chi connectivity index (χ1) is 19.8. The van der Waals surface area contributed by atoms with E-state index >= 15 is 0 Å². The first-order valence-electron chi connectivity index (χ1n) is 13.9. The summed E-state index contributed by atoms with van der Waals surface area (Å²) in [7, 11) is 1.90. The van der Waals surface area contributed by atoms with Gasteiger partial charge in [-0.25, -0.2) is 0 Å². The molecule has 1 heterocycles. The number of halogens is 3. The molecule has 1 aliphatic rings. The van der Waals surface area contributed by atoms with E-state index in [4.69, 9.17) is 0 Å². The zero-order valence-electron chi connectivity index (χ0n) is 23.0. The second-order valence-electron chi connectivity index (χ2n) is 10.4. The number of alkyl halides is 3. The minimum Gasteiger partial charge on any atom is -0.314 e. The second kappa shape index (κ2) is 12.8. The van der Waals surface area contributed by atoms with Crippen molar-refractivity contribution < 1.29 is 18.0 Å². The molecule has 4 nitrogen and oxygen atoms in total. The van der Waals surface area contributed by atoms with Crippen LogP contribution < -0.4 is 5.32 Å². The molecule has 41 heavy (non-hydrogen) atoms. The lowest BCUT2D eigenvalue weighted by atomic mass is 9.91. The predicted molar refractivity (Wildman–Crippen MR) is 156 cm³/mol. The van der Waals surface area contributed by atoms with Crippen LogP contribution in [0.2, 0.25) is 0 Å². The Morgan fingerprint density at radius 1 is 0.805 bits per heavy atom. The highest BCUT2D eigenvalue weighted by Gasteiger charge is 2.39. The molecule has 0 aromatic heterocycles. The molecule has 1 N–H and O–H groups in total. The van der Waals surface area contributed by atoms with Crippen molar-refractivity contribution in [2.45, 2.75) is 24.8 Å². The van der Waals surface area contributed by atoms with Crippen LogP contribution in [0.15, 0.2) is 109 Å². The van der Waals surface area contributed by atoms with Gasteiger partial charge in [0.25, 0.3) is 0 Å². The Morgan fingerprint density at radius 2 is 1.34 bits per heavy atom. The highest BCUT2D eigenvalue weighted by atomic mass is 19.4. The molecule has 1 unspecified atom stereocenters. The summed E-state index contributed by atoms with van der Waals surface area (Å²) in [4.78, 5) is 18.4. The SMILES string of the molecule is CN(C(c1ccccc1)c1ccccc1)C(C(=O)Cc1cccc(-c2ccccc2)c1C(F)(F)F)N1CCNCC1. The van der Waals surface area contributed by atoms with E-state index in [9.17, 15) is 18.0 Å². The molecular weight excluding hydrogens is 523 g/mol. The van der Waals surface area contributed by atoms with E-state index in [2.05, 4.69) is 10.2 Å². The molecule has 1 saturated heterocycles. The lowest BCUT2D eigenvalue weighted by molar-refractivity contribution is -0.138. The maximum atomic E-state index is 14.6. The van der Waals surface area contributed by atoms with Crippen molar-refractivity contribution in [3.05, 3.63) is 131 Å². The molecule has 212 valence electrons. The van der Waals surface area contributed by atoms with Crippen molar-refractivity contribution in [3.8, 4) is 11.1 Å². The van der Waals surface area contributed by atoms with Gasteiger partial charge in [-0.2, -0.15) is 13.2 Å². The number of nitrogens with one attached hydrogen (secondary N) is 1. The highest BCUT2D eigenvalue weighted by molar-refractivity contribution is 5.87. The quantitative estimate of drug-likeness (QED) is 0.257. The average molecular weight is 558 g/mol. The molecule has 0 amide bonds. The van der Waals surface area contributed by atoms with Gasteiger partial charge in [-0.15, -0.1) is 0 Å². The van der Waals surface area contributed by atoms with Gasteiger partial charge in [-0.1, -0.05) is 109 Å². The van der Waals surface area contributed by atoms with Crippen molar-refractivity contribution in [1.82, 2.24) is 15.1 Å². The van der Waals surface area contributed by atoms with Crippen LogP contribution in [0.4, 0.5) is 13.2 Å². The van der Waals surface area contributed by atoms with E-state index in [0.717, 1.165) is 11.1 Å². The molecule has 4 aromatic rings. The molecule has 0 aliphatic carbocycles. The first-order valence-corrected chi connectivity index (χ1v) is 13.9. The summed E-state index contributed by atoms with van der Waals surface area (Å²) in [5, 5.41) is 3.32. The van der Waals surface area contributed by atoms with E-state index < -0.39 is 17.9 Å². The molecule has 0 radical (unpaired) electrons. The van der Waals surface area contributed by atoms with E-state index in [1.807, 2.05) is 72.6 Å². The van der Waals surface area contributed by atoms with E-state index in [-0.39, 0.29) is 29.4 Å². The van der Waals surface area contributed by atoms with Gasteiger partial charge >= 0.3 is 6.18 Å². The second-order valence-corrected chi connectivity index (χ2v) is 10.4. The number of benzene rings is 4. The number of ketones is 1. The Bertz CT molecular complexity index is 1380. The van der Waals surface area contributed by atoms with Gasteiger partial charge in [-0.05, 0) is 34.9 Å². The Kier molecular flexibility index (Phi) is 8.98. The number of hydrogen-bond donors (Lipinski definition) is 1. The summed E-state index contributed by atoms with van der Waals surface area (Å²) in [5.74, 6) is -0.262. The van der Waals surface area contributed by atoms with Gasteiger partial charge in [0.15, 0.2) is 5.78 Å². The Labute approximate surface area is 239 Å². The van der Waals surface area contributed by atoms with E-state index in [1.165, 1.54) is 12.1 Å². The number of carbonyl (C=O) groups excluding carboxylic acids is 1. The van der Waals surface area contributed by atoms with Crippen LogP contribution in [0.1, 0.15) is 28.3 Å². The van der Waals surface area contributed by atoms with Crippen LogP contribution in [0.5, 0.6) is 0 Å². The summed E-state index contributed by atoms with van der Waals surface area (Å²) < 4.78 is 43.8. The average Bonchev–Trinajstić information content (AvgIpc) is 2.99. The normalized spacial score (nSPS) is 15.3. The Morgan fingerprint density at radius 3 is 1.88 bits per heavy atom. The molecule has 1 atom stereocenters. The van der Waals surface area contributed by atoms with Crippen LogP contribution >= 0.6 is 0 Å². The molecule has 7 heteroatoms. The zero-order valence-corrected chi connectivity index (χ0v) is 23.0. The van der Waals surface area contributed by atoms with Crippen molar-refractivity contribution in [1.29, 1.82) is 0 Å². The number of likely N-dealkylation sites (N-methyl/N-ethyl adjacent to an activating group) is 1. The maximum absolute atomic E-state index is 14.6. The first kappa shape index (κ1) is 28.7. The standard InChI is InChI=1S/C34H34F3N3O/c1-39(32(26-14-7-3-8-15-26)27-16-9-4-10-17-27)33(40-22-20-38-21-23-40)30(41)24-28-18-11-19-29(31(28)34(35,36)37)25-12-5-2-6-13-25/h2-19,32-33,38H,20-24H2,1H3. The minimum absolute atomic E-state index is 0.00615. The Balaban J connectivity index is 1.56. The predicted octanol–water partition coefficient (Wildman–Crippen LogP) is 6.44. The highest BCUT2D eigenvalue weighted by Crippen LogP contribution is 2.40. The van der Waals surface area contributed by atoms with Gasteiger partial charge in [-0.3, -0.25) is 14.6 Å². The third kappa shape index (κ3) is 6.59. The van der Waals surface area contributed by atoms with E-state index in [1.54, 1.807) is 36.4 Å². The summed E-state index contributed by atoms with van der Waals surface area (Å²) in [5.41, 5.74) is 1.82. The third-order valence-corrected chi connectivity index (χ3v) is 7.69. The van der Waals surface area contributed by atoms with Crippen molar-refractivity contribution in [2.24, 2.45) is 0 Å². The van der Waals surface area contributed by atoms with Crippen LogP contribution in [0.3, 0.4) is 0 Å². The van der Waals surface area contributed by atoms with Gasteiger partial charge < -0.3 is 5.32 Å². The number of carbonyl (C=O) groups is 1. The Hall–Kier alpha value is -3.78. The monoisotopic (exact) mass is 557 g/mol. The third-order valence-electron chi connectivity index (χ3n) is 7.69. The molecule has 0 spiro atoms. The smallest absolute Gasteiger partial charge is 0.314 e. The maximum Gasteiger partial charge on any atom is 0.417 e. The molecule has 0 saturated carbocycles. The lowest BCUT2D eigenvalue weighted by Crippen LogP contribution is -2.58. The molecule has 4 aromatic carbocycles. The van der Waals surface area contributed by atoms with Gasteiger partial charge in [0.2, 0.25) is 0 Å². The fraction of sp³-hybridized carbons (Fsp3) is 0.265. The van der Waals surface area contributed by atoms with E-state index in [0.29, 0.717) is 31.7 Å². The summed E-state index contributed by atoms with van der Waals surface area (Å²) in [6, 6.07) is 32.7. The largest absolute Gasteiger partial charge is 0.417 e. The minimum atomic E-state index is -4.62. The molecule has 5 rings (SSSR count). The van der Waals surface area contributed by atoms with Crippen molar-refractivity contribution >= 4 is 5.78 Å². The fourth-order valence-corrected chi connectivity index (χ4v) is 5.91. The van der Waals surface area contributed by atoms with Crippen LogP contribution in [-0.4, -0.2) is 55.0 Å². The molecular formula is C34H34F3N3O. The van der Waals surface area contributed by atoms with Crippen molar-refractivity contribution in [2.75, 3.05) is 33.2 Å². The molecule has 1 fully saturated rings. The summed E-state index contributed by atoms with van der Waals surface area (Å²) in [6.07, 6.45) is -5.66. The van der Waals surface area contributed by atoms with Gasteiger partial charge in [0.1, 0.15) is 6.17 Å². The molecule has 1 aliphatic heterocycles.